The van der Waals surface area contributed by atoms with Crippen LogP contribution in [0.1, 0.15) is 6.92 Å². The molecule has 3 amide bonds. The fraction of sp³-hybridized carbons (Fsp3) is 0.571. The van der Waals surface area contributed by atoms with Crippen LogP contribution in [0.2, 0.25) is 0 Å². The molecule has 1 atom stereocenters. The second-order valence-corrected chi connectivity index (χ2v) is 3.26. The summed E-state index contributed by atoms with van der Waals surface area (Å²) < 4.78 is 37.8. The Kier molecular flexibility index (Phi) is 2.57. The quantitative estimate of drug-likeness (QED) is 0.662. The number of carboxylic acid groups (broad SMARTS) is 1. The SMILES string of the molecule is CC(C(=O)O)(N1C(=O)CNC1=O)C(F)(F)F. The van der Waals surface area contributed by atoms with Crippen molar-refractivity contribution >= 4 is 17.9 Å². The van der Waals surface area contributed by atoms with Gasteiger partial charge in [-0.25, -0.2) is 14.5 Å². The van der Waals surface area contributed by atoms with E-state index in [0.29, 0.717) is 0 Å². The van der Waals surface area contributed by atoms with Gasteiger partial charge in [0.2, 0.25) is 5.54 Å². The number of carbonyl (C=O) groups is 3. The van der Waals surface area contributed by atoms with Crippen LogP contribution in [0.3, 0.4) is 0 Å². The number of hydrogen-bond donors (Lipinski definition) is 2. The minimum Gasteiger partial charge on any atom is -0.479 e. The van der Waals surface area contributed by atoms with Crippen LogP contribution in [-0.4, -0.2) is 46.2 Å². The molecule has 9 heteroatoms. The van der Waals surface area contributed by atoms with Gasteiger partial charge in [0.1, 0.15) is 0 Å². The fourth-order valence-electron chi connectivity index (χ4n) is 1.22. The first kappa shape index (κ1) is 12.3. The summed E-state index contributed by atoms with van der Waals surface area (Å²) in [5.41, 5.74) is -3.55. The Hall–Kier alpha value is -1.80. The Labute approximate surface area is 87.0 Å². The van der Waals surface area contributed by atoms with Crippen molar-refractivity contribution in [3.05, 3.63) is 0 Å². The fourth-order valence-corrected chi connectivity index (χ4v) is 1.22. The molecule has 1 fully saturated rings. The molecular formula is C7H7F3N2O4. The van der Waals surface area contributed by atoms with Crippen molar-refractivity contribution in [3.8, 4) is 0 Å². The molecule has 0 spiro atoms. The Morgan fingerprint density at radius 2 is 1.94 bits per heavy atom. The summed E-state index contributed by atoms with van der Waals surface area (Å²) in [5, 5.41) is 10.4. The van der Waals surface area contributed by atoms with Crippen LogP contribution in [0.5, 0.6) is 0 Å². The zero-order valence-electron chi connectivity index (χ0n) is 7.96. The van der Waals surface area contributed by atoms with Gasteiger partial charge in [-0.15, -0.1) is 0 Å². The summed E-state index contributed by atoms with van der Waals surface area (Å²) in [6, 6.07) is -1.37. The summed E-state index contributed by atoms with van der Waals surface area (Å²) in [6.07, 6.45) is -5.25. The van der Waals surface area contributed by atoms with Crippen LogP contribution >= 0.6 is 0 Å². The first-order valence-corrected chi connectivity index (χ1v) is 4.03. The van der Waals surface area contributed by atoms with E-state index in [0.717, 1.165) is 0 Å². The van der Waals surface area contributed by atoms with E-state index in [1.807, 2.05) is 5.32 Å². The first-order chi connectivity index (χ1) is 7.12. The smallest absolute Gasteiger partial charge is 0.422 e. The zero-order chi connectivity index (χ0) is 12.7. The van der Waals surface area contributed by atoms with E-state index in [1.165, 1.54) is 0 Å². The number of imide groups is 1. The molecule has 1 rings (SSSR count). The molecule has 0 aromatic carbocycles. The number of carbonyl (C=O) groups excluding carboxylic acids is 2. The second-order valence-electron chi connectivity index (χ2n) is 3.26. The second kappa shape index (κ2) is 3.35. The maximum Gasteiger partial charge on any atom is 0.422 e. The maximum absolute atomic E-state index is 12.6. The van der Waals surface area contributed by atoms with E-state index < -0.39 is 36.2 Å². The number of alkyl halides is 3. The topological polar surface area (TPSA) is 86.7 Å². The summed E-state index contributed by atoms with van der Waals surface area (Å²) in [6.45, 7) is -0.379. The van der Waals surface area contributed by atoms with Crippen molar-refractivity contribution in [1.82, 2.24) is 10.2 Å². The summed E-state index contributed by atoms with van der Waals surface area (Å²) in [4.78, 5) is 32.4. The summed E-state index contributed by atoms with van der Waals surface area (Å²) >= 11 is 0. The van der Waals surface area contributed by atoms with Crippen LogP contribution in [-0.2, 0) is 9.59 Å². The summed E-state index contributed by atoms with van der Waals surface area (Å²) in [5.74, 6) is -3.54. The molecule has 0 radical (unpaired) electrons. The molecule has 1 heterocycles. The standard InChI is InChI=1S/C7H7F3N2O4/c1-6(4(14)15,7(8,9)10)12-3(13)2-11-5(12)16/h2H2,1H3,(H,11,16)(H,14,15). The Balaban J connectivity index is 3.28. The highest BCUT2D eigenvalue weighted by molar-refractivity contribution is 6.06. The molecule has 1 saturated heterocycles. The van der Waals surface area contributed by atoms with Gasteiger partial charge >= 0.3 is 18.2 Å². The van der Waals surface area contributed by atoms with Gasteiger partial charge in [-0.2, -0.15) is 13.2 Å². The van der Waals surface area contributed by atoms with Gasteiger partial charge in [-0.3, -0.25) is 4.79 Å². The minimum atomic E-state index is -5.25. The molecule has 1 unspecified atom stereocenters. The third-order valence-corrected chi connectivity index (χ3v) is 2.26. The molecule has 0 aromatic rings. The summed E-state index contributed by atoms with van der Waals surface area (Å²) in [7, 11) is 0. The maximum atomic E-state index is 12.6. The van der Waals surface area contributed by atoms with E-state index in [1.54, 1.807) is 0 Å². The third-order valence-electron chi connectivity index (χ3n) is 2.26. The number of nitrogens with one attached hydrogen (secondary N) is 1. The number of aliphatic carboxylic acids is 1. The number of hydrogen-bond acceptors (Lipinski definition) is 3. The van der Waals surface area contributed by atoms with Crippen molar-refractivity contribution in [3.63, 3.8) is 0 Å². The van der Waals surface area contributed by atoms with Crippen molar-refractivity contribution in [2.75, 3.05) is 6.54 Å². The lowest BCUT2D eigenvalue weighted by Gasteiger charge is -2.33. The largest absolute Gasteiger partial charge is 0.479 e. The van der Waals surface area contributed by atoms with Gasteiger partial charge < -0.3 is 10.4 Å². The van der Waals surface area contributed by atoms with E-state index in [2.05, 4.69) is 0 Å². The van der Waals surface area contributed by atoms with Gasteiger partial charge in [0.15, 0.2) is 0 Å². The number of halogens is 3. The highest BCUT2D eigenvalue weighted by Gasteiger charge is 2.65. The predicted octanol–water partition coefficient (Wildman–Crippen LogP) is -0.0562. The van der Waals surface area contributed by atoms with Gasteiger partial charge in [-0.1, -0.05) is 0 Å². The predicted molar refractivity (Wildman–Crippen MR) is 42.3 cm³/mol. The lowest BCUT2D eigenvalue weighted by atomic mass is 10.00. The van der Waals surface area contributed by atoms with E-state index in [-0.39, 0.29) is 11.8 Å². The molecule has 6 nitrogen and oxygen atoms in total. The molecule has 2 N–H and O–H groups in total. The molecular weight excluding hydrogens is 233 g/mol. The molecule has 0 aromatic heterocycles. The highest BCUT2D eigenvalue weighted by Crippen LogP contribution is 2.36. The van der Waals surface area contributed by atoms with Gasteiger partial charge in [-0.05, 0) is 6.92 Å². The van der Waals surface area contributed by atoms with Crippen molar-refractivity contribution in [1.29, 1.82) is 0 Å². The van der Waals surface area contributed by atoms with Crippen LogP contribution in [0.15, 0.2) is 0 Å². The normalized spacial score (nSPS) is 20.6. The average molecular weight is 240 g/mol. The first-order valence-electron chi connectivity index (χ1n) is 4.03. The van der Waals surface area contributed by atoms with E-state index in [9.17, 15) is 27.6 Å². The van der Waals surface area contributed by atoms with Crippen LogP contribution in [0.4, 0.5) is 18.0 Å². The van der Waals surface area contributed by atoms with E-state index in [4.69, 9.17) is 5.11 Å². The van der Waals surface area contributed by atoms with Gasteiger partial charge in [0.25, 0.3) is 5.91 Å². The monoisotopic (exact) mass is 240 g/mol. The molecule has 0 saturated carbocycles. The number of rotatable bonds is 2. The minimum absolute atomic E-state index is 0.262. The van der Waals surface area contributed by atoms with Crippen molar-refractivity contribution < 1.29 is 32.7 Å². The average Bonchev–Trinajstić information content (AvgIpc) is 2.43. The lowest BCUT2D eigenvalue weighted by Crippen LogP contribution is -2.64. The number of nitrogens with zero attached hydrogens (tertiary/aromatic N) is 1. The Morgan fingerprint density at radius 3 is 2.19 bits per heavy atom. The lowest BCUT2D eigenvalue weighted by molar-refractivity contribution is -0.224. The Bertz CT molecular complexity index is 351. The van der Waals surface area contributed by atoms with Crippen molar-refractivity contribution in [2.24, 2.45) is 0 Å². The molecule has 0 aliphatic carbocycles. The molecule has 90 valence electrons. The van der Waals surface area contributed by atoms with Crippen LogP contribution in [0.25, 0.3) is 0 Å². The zero-order valence-corrected chi connectivity index (χ0v) is 7.96. The molecule has 0 bridgehead atoms. The Morgan fingerprint density at radius 1 is 1.44 bits per heavy atom. The number of urea groups is 1. The molecule has 1 aliphatic rings. The van der Waals surface area contributed by atoms with Gasteiger partial charge in [0.05, 0.1) is 6.54 Å². The van der Waals surface area contributed by atoms with Crippen LogP contribution in [0, 0.1) is 0 Å². The van der Waals surface area contributed by atoms with Crippen molar-refractivity contribution in [2.45, 2.75) is 18.6 Å². The van der Waals surface area contributed by atoms with Gasteiger partial charge in [0, 0.05) is 0 Å². The van der Waals surface area contributed by atoms with Crippen LogP contribution < -0.4 is 5.32 Å². The highest BCUT2D eigenvalue weighted by atomic mass is 19.4. The third kappa shape index (κ3) is 1.48. The number of carboxylic acids is 1. The number of amides is 3. The molecule has 1 aliphatic heterocycles. The van der Waals surface area contributed by atoms with E-state index >= 15 is 0 Å². The molecule has 16 heavy (non-hydrogen) atoms.